The van der Waals surface area contributed by atoms with Crippen molar-refractivity contribution in [2.24, 2.45) is 13.0 Å². The summed E-state index contributed by atoms with van der Waals surface area (Å²) < 4.78 is 27.1. The van der Waals surface area contributed by atoms with Crippen LogP contribution in [0.4, 0.5) is 0 Å². The Kier molecular flexibility index (Phi) is 3.16. The lowest BCUT2D eigenvalue weighted by atomic mass is 10.0. The van der Waals surface area contributed by atoms with E-state index in [9.17, 15) is 13.2 Å². The van der Waals surface area contributed by atoms with E-state index < -0.39 is 22.0 Å². The summed E-state index contributed by atoms with van der Waals surface area (Å²) in [6.07, 6.45) is 3.29. The highest BCUT2D eigenvalue weighted by atomic mass is 32.2. The molecule has 2 atom stereocenters. The summed E-state index contributed by atoms with van der Waals surface area (Å²) in [4.78, 5) is 15.0. The second-order valence-electron chi connectivity index (χ2n) is 4.54. The third-order valence-electron chi connectivity index (χ3n) is 3.16. The van der Waals surface area contributed by atoms with Crippen molar-refractivity contribution in [1.82, 2.24) is 13.9 Å². The predicted octanol–water partition coefficient (Wildman–Crippen LogP) is -0.0962. The van der Waals surface area contributed by atoms with Crippen molar-refractivity contribution < 1.29 is 18.3 Å². The van der Waals surface area contributed by atoms with Crippen molar-refractivity contribution >= 4 is 16.0 Å². The monoisotopic (exact) mass is 273 g/mol. The predicted molar refractivity (Wildman–Crippen MR) is 62.3 cm³/mol. The molecule has 0 bridgehead atoms. The number of aliphatic carboxylic acids is 1. The number of rotatable bonds is 3. The lowest BCUT2D eigenvalue weighted by molar-refractivity contribution is -0.141. The maximum Gasteiger partial charge on any atom is 0.322 e. The second kappa shape index (κ2) is 4.36. The number of sulfonamides is 1. The summed E-state index contributed by atoms with van der Waals surface area (Å²) >= 11 is 0. The number of carboxylic acid groups (broad SMARTS) is 1. The summed E-state index contributed by atoms with van der Waals surface area (Å²) in [6, 6.07) is -1.00. The van der Waals surface area contributed by atoms with E-state index in [-0.39, 0.29) is 17.5 Å². The van der Waals surface area contributed by atoms with Gasteiger partial charge in [-0.05, 0) is 12.3 Å². The fourth-order valence-electron chi connectivity index (χ4n) is 2.19. The van der Waals surface area contributed by atoms with Crippen LogP contribution >= 0.6 is 0 Å². The summed E-state index contributed by atoms with van der Waals surface area (Å²) in [5.41, 5.74) is 0. The molecule has 0 aliphatic carbocycles. The Morgan fingerprint density at radius 2 is 2.22 bits per heavy atom. The number of hydrogen-bond donors (Lipinski definition) is 1. The van der Waals surface area contributed by atoms with Gasteiger partial charge in [-0.1, -0.05) is 6.92 Å². The molecule has 7 nitrogen and oxygen atoms in total. The third-order valence-corrected chi connectivity index (χ3v) is 4.93. The van der Waals surface area contributed by atoms with Gasteiger partial charge in [-0.15, -0.1) is 0 Å². The quantitative estimate of drug-likeness (QED) is 0.830. The van der Waals surface area contributed by atoms with Gasteiger partial charge in [0.05, 0.1) is 6.33 Å². The van der Waals surface area contributed by atoms with E-state index in [0.717, 1.165) is 4.31 Å². The molecule has 1 fully saturated rings. The Morgan fingerprint density at radius 3 is 2.72 bits per heavy atom. The number of aryl methyl sites for hydroxylation is 1. The number of hydrogen-bond acceptors (Lipinski definition) is 4. The number of aromatic nitrogens is 2. The van der Waals surface area contributed by atoms with Gasteiger partial charge in [0.25, 0.3) is 10.0 Å². The van der Waals surface area contributed by atoms with Crippen LogP contribution in [0.25, 0.3) is 0 Å². The van der Waals surface area contributed by atoms with Gasteiger partial charge >= 0.3 is 5.97 Å². The lowest BCUT2D eigenvalue weighted by Crippen LogP contribution is -2.42. The molecule has 1 aliphatic heterocycles. The normalized spacial score (nSPS) is 25.4. The smallest absolute Gasteiger partial charge is 0.322 e. The van der Waals surface area contributed by atoms with Gasteiger partial charge in [-0.2, -0.15) is 4.31 Å². The minimum absolute atomic E-state index is 0.106. The van der Waals surface area contributed by atoms with Crippen molar-refractivity contribution in [1.29, 1.82) is 0 Å². The molecule has 0 amide bonds. The molecule has 0 saturated carbocycles. The molecular formula is C10H15N3O4S. The van der Waals surface area contributed by atoms with Gasteiger partial charge in [0.1, 0.15) is 6.04 Å². The maximum absolute atomic E-state index is 12.3. The van der Waals surface area contributed by atoms with Crippen LogP contribution in [0.1, 0.15) is 13.3 Å². The van der Waals surface area contributed by atoms with Crippen LogP contribution in [0, 0.1) is 5.92 Å². The number of carboxylic acids is 1. The Hall–Kier alpha value is -1.41. The molecule has 2 unspecified atom stereocenters. The average Bonchev–Trinajstić information content (AvgIpc) is 2.84. The first-order chi connectivity index (χ1) is 8.34. The van der Waals surface area contributed by atoms with Crippen LogP contribution in [0.3, 0.4) is 0 Å². The zero-order chi connectivity index (χ0) is 13.5. The molecule has 0 aromatic carbocycles. The molecule has 100 valence electrons. The zero-order valence-electron chi connectivity index (χ0n) is 10.1. The second-order valence-corrected chi connectivity index (χ2v) is 6.38. The molecule has 1 aliphatic rings. The van der Waals surface area contributed by atoms with E-state index in [1.54, 1.807) is 14.0 Å². The minimum Gasteiger partial charge on any atom is -0.480 e. The average molecular weight is 273 g/mol. The van der Waals surface area contributed by atoms with Crippen molar-refractivity contribution in [3.63, 3.8) is 0 Å². The highest BCUT2D eigenvalue weighted by Gasteiger charge is 2.44. The van der Waals surface area contributed by atoms with Gasteiger partial charge in [0, 0.05) is 19.8 Å². The molecule has 1 aromatic rings. The van der Waals surface area contributed by atoms with Gasteiger partial charge in [0.15, 0.2) is 5.03 Å². The molecule has 0 radical (unpaired) electrons. The topological polar surface area (TPSA) is 92.5 Å². The molecule has 2 rings (SSSR count). The Balaban J connectivity index is 2.39. The molecule has 1 saturated heterocycles. The zero-order valence-corrected chi connectivity index (χ0v) is 11.0. The summed E-state index contributed by atoms with van der Waals surface area (Å²) in [5.74, 6) is -1.31. The van der Waals surface area contributed by atoms with E-state index in [1.807, 2.05) is 0 Å². The highest BCUT2D eigenvalue weighted by Crippen LogP contribution is 2.29. The van der Waals surface area contributed by atoms with E-state index in [2.05, 4.69) is 4.98 Å². The summed E-state index contributed by atoms with van der Waals surface area (Å²) in [5, 5.41) is 9.03. The van der Waals surface area contributed by atoms with Crippen molar-refractivity contribution in [3.8, 4) is 0 Å². The van der Waals surface area contributed by atoms with E-state index in [1.165, 1.54) is 17.1 Å². The molecular weight excluding hydrogens is 258 g/mol. The first kappa shape index (κ1) is 13.0. The third kappa shape index (κ3) is 2.01. The largest absolute Gasteiger partial charge is 0.480 e. The van der Waals surface area contributed by atoms with Crippen molar-refractivity contribution in [2.75, 3.05) is 6.54 Å². The number of carbonyl (C=O) groups is 1. The van der Waals surface area contributed by atoms with Crippen LogP contribution in [-0.4, -0.2) is 45.9 Å². The molecule has 1 N–H and O–H groups in total. The first-order valence-corrected chi connectivity index (χ1v) is 7.00. The van der Waals surface area contributed by atoms with Gasteiger partial charge in [0.2, 0.25) is 0 Å². The number of nitrogens with zero attached hydrogens (tertiary/aromatic N) is 3. The van der Waals surface area contributed by atoms with Crippen LogP contribution in [0.5, 0.6) is 0 Å². The van der Waals surface area contributed by atoms with Crippen molar-refractivity contribution in [2.45, 2.75) is 24.4 Å². The van der Waals surface area contributed by atoms with Crippen LogP contribution in [-0.2, 0) is 21.9 Å². The standard InChI is InChI=1S/C10H15N3O4S/c1-7-3-4-13(9(7)10(14)15)18(16,17)8-5-12(2)6-11-8/h5-7,9H,3-4H2,1-2H3,(H,14,15). The fraction of sp³-hybridized carbons (Fsp3) is 0.600. The van der Waals surface area contributed by atoms with E-state index in [4.69, 9.17) is 5.11 Å². The maximum atomic E-state index is 12.3. The minimum atomic E-state index is -3.82. The fourth-order valence-corrected chi connectivity index (χ4v) is 3.85. The van der Waals surface area contributed by atoms with Crippen LogP contribution in [0.15, 0.2) is 17.6 Å². The molecule has 2 heterocycles. The van der Waals surface area contributed by atoms with E-state index in [0.29, 0.717) is 6.42 Å². The van der Waals surface area contributed by atoms with Gasteiger partial charge < -0.3 is 9.67 Å². The summed E-state index contributed by atoms with van der Waals surface area (Å²) in [7, 11) is -2.16. The number of imidazole rings is 1. The Morgan fingerprint density at radius 1 is 1.56 bits per heavy atom. The first-order valence-electron chi connectivity index (χ1n) is 5.56. The molecule has 1 aromatic heterocycles. The molecule has 8 heteroatoms. The Bertz CT molecular complexity index is 565. The van der Waals surface area contributed by atoms with Gasteiger partial charge in [-0.25, -0.2) is 13.4 Å². The SMILES string of the molecule is CC1CCN(S(=O)(=O)c2cn(C)cn2)C1C(=O)O. The van der Waals surface area contributed by atoms with Crippen molar-refractivity contribution in [3.05, 3.63) is 12.5 Å². The van der Waals surface area contributed by atoms with E-state index >= 15 is 0 Å². The molecule has 0 spiro atoms. The summed E-state index contributed by atoms with van der Waals surface area (Å²) in [6.45, 7) is 1.96. The Labute approximate surface area is 105 Å². The van der Waals surface area contributed by atoms with Crippen LogP contribution < -0.4 is 0 Å². The van der Waals surface area contributed by atoms with Gasteiger partial charge in [-0.3, -0.25) is 4.79 Å². The highest BCUT2D eigenvalue weighted by molar-refractivity contribution is 7.89. The lowest BCUT2D eigenvalue weighted by Gasteiger charge is -2.21. The van der Waals surface area contributed by atoms with Crippen LogP contribution in [0.2, 0.25) is 0 Å². The molecule has 18 heavy (non-hydrogen) atoms.